The number of rotatable bonds is 5. The quantitative estimate of drug-likeness (QED) is 0.904. The number of carbonyl (C=O) groups excluding carboxylic acids is 1. The number of likely N-dealkylation sites (N-methyl/N-ethyl adjacent to an activating group) is 1. The maximum Gasteiger partial charge on any atom is 0.243 e. The highest BCUT2D eigenvalue weighted by Gasteiger charge is 2.46. The number of amides is 1. The van der Waals surface area contributed by atoms with Crippen molar-refractivity contribution in [3.05, 3.63) is 35.4 Å². The van der Waals surface area contributed by atoms with Crippen molar-refractivity contribution in [2.75, 3.05) is 13.1 Å². The molecule has 1 aromatic carbocycles. The lowest BCUT2D eigenvalue weighted by Crippen LogP contribution is -2.48. The first-order valence-electron chi connectivity index (χ1n) is 7.47. The predicted molar refractivity (Wildman–Crippen MR) is 80.3 cm³/mol. The minimum atomic E-state index is -0.844. The van der Waals surface area contributed by atoms with Crippen LogP contribution in [0, 0.1) is 23.7 Å². The minimum absolute atomic E-state index is 0.134. The molecule has 21 heavy (non-hydrogen) atoms. The van der Waals surface area contributed by atoms with Gasteiger partial charge in [-0.2, -0.15) is 5.26 Å². The molecule has 1 aliphatic rings. The normalized spacial score (nSPS) is 17.4. The largest absolute Gasteiger partial charge is 0.387 e. The standard InChI is InChI=1S/C17H22N2O2/c1-3-19(16(21)17(12-18)9-4-10-17)11-15(20)14-7-5-13(2)6-8-14/h5-8,15,20H,3-4,9-11H2,1-2H3. The number of hydrogen-bond acceptors (Lipinski definition) is 3. The van der Waals surface area contributed by atoms with Gasteiger partial charge in [-0.3, -0.25) is 4.79 Å². The lowest BCUT2D eigenvalue weighted by atomic mass is 9.69. The maximum absolute atomic E-state index is 12.5. The second-order valence-electron chi connectivity index (χ2n) is 5.82. The molecule has 1 aromatic rings. The van der Waals surface area contributed by atoms with Gasteiger partial charge in [0.2, 0.25) is 5.91 Å². The summed E-state index contributed by atoms with van der Waals surface area (Å²) in [6.07, 6.45) is 1.49. The fourth-order valence-electron chi connectivity index (χ4n) is 2.66. The van der Waals surface area contributed by atoms with Gasteiger partial charge in [0.05, 0.1) is 18.7 Å². The van der Waals surface area contributed by atoms with Gasteiger partial charge in [-0.25, -0.2) is 0 Å². The Morgan fingerprint density at radius 1 is 1.43 bits per heavy atom. The van der Waals surface area contributed by atoms with Crippen LogP contribution in [0.2, 0.25) is 0 Å². The van der Waals surface area contributed by atoms with Crippen LogP contribution in [-0.2, 0) is 4.79 Å². The number of aliphatic hydroxyl groups is 1. The van der Waals surface area contributed by atoms with E-state index in [-0.39, 0.29) is 12.5 Å². The van der Waals surface area contributed by atoms with Gasteiger partial charge in [-0.15, -0.1) is 0 Å². The fourth-order valence-corrected chi connectivity index (χ4v) is 2.66. The van der Waals surface area contributed by atoms with Crippen molar-refractivity contribution in [1.29, 1.82) is 5.26 Å². The molecule has 0 bridgehead atoms. The summed E-state index contributed by atoms with van der Waals surface area (Å²) in [4.78, 5) is 14.1. The SMILES string of the molecule is CCN(CC(O)c1ccc(C)cc1)C(=O)C1(C#N)CCC1. The van der Waals surface area contributed by atoms with Crippen molar-refractivity contribution >= 4 is 5.91 Å². The Labute approximate surface area is 126 Å². The lowest BCUT2D eigenvalue weighted by Gasteiger charge is -2.38. The Hall–Kier alpha value is -1.86. The maximum atomic E-state index is 12.5. The van der Waals surface area contributed by atoms with E-state index in [1.54, 1.807) is 4.90 Å². The van der Waals surface area contributed by atoms with Crippen LogP contribution in [0.15, 0.2) is 24.3 Å². The highest BCUT2D eigenvalue weighted by Crippen LogP contribution is 2.42. The molecule has 0 aliphatic heterocycles. The second-order valence-corrected chi connectivity index (χ2v) is 5.82. The number of aliphatic hydroxyl groups excluding tert-OH is 1. The van der Waals surface area contributed by atoms with Crippen LogP contribution in [0.3, 0.4) is 0 Å². The molecule has 2 rings (SSSR count). The first kappa shape index (κ1) is 15.5. The molecule has 1 unspecified atom stereocenters. The summed E-state index contributed by atoms with van der Waals surface area (Å²) in [7, 11) is 0. The zero-order chi connectivity index (χ0) is 15.5. The van der Waals surface area contributed by atoms with Gasteiger partial charge in [-0.05, 0) is 38.7 Å². The van der Waals surface area contributed by atoms with Crippen molar-refractivity contribution in [2.24, 2.45) is 5.41 Å². The van der Waals surface area contributed by atoms with E-state index < -0.39 is 11.5 Å². The molecule has 112 valence electrons. The number of hydrogen-bond donors (Lipinski definition) is 1. The van der Waals surface area contributed by atoms with Gasteiger partial charge in [0, 0.05) is 6.54 Å². The molecule has 1 N–H and O–H groups in total. The molecule has 1 saturated carbocycles. The van der Waals surface area contributed by atoms with Crippen LogP contribution in [0.4, 0.5) is 0 Å². The zero-order valence-corrected chi connectivity index (χ0v) is 12.7. The Balaban J connectivity index is 2.07. The molecule has 0 spiro atoms. The first-order chi connectivity index (χ1) is 10.0. The van der Waals surface area contributed by atoms with Gasteiger partial charge < -0.3 is 10.0 Å². The molecule has 0 aromatic heterocycles. The van der Waals surface area contributed by atoms with E-state index in [0.717, 1.165) is 17.5 Å². The summed E-state index contributed by atoms with van der Waals surface area (Å²) in [5.74, 6) is -0.134. The Morgan fingerprint density at radius 2 is 2.05 bits per heavy atom. The molecule has 0 heterocycles. The number of benzene rings is 1. The topological polar surface area (TPSA) is 64.3 Å². The van der Waals surface area contributed by atoms with E-state index in [0.29, 0.717) is 19.4 Å². The third kappa shape index (κ3) is 3.08. The van der Waals surface area contributed by atoms with E-state index in [2.05, 4.69) is 6.07 Å². The molecular weight excluding hydrogens is 264 g/mol. The molecule has 1 fully saturated rings. The van der Waals surface area contributed by atoms with Crippen molar-refractivity contribution in [2.45, 2.75) is 39.2 Å². The number of carbonyl (C=O) groups is 1. The van der Waals surface area contributed by atoms with Crippen molar-refractivity contribution in [3.8, 4) is 6.07 Å². The molecule has 1 aliphatic carbocycles. The van der Waals surface area contributed by atoms with E-state index in [1.807, 2.05) is 38.1 Å². The van der Waals surface area contributed by atoms with Crippen molar-refractivity contribution in [3.63, 3.8) is 0 Å². The smallest absolute Gasteiger partial charge is 0.243 e. The molecule has 0 saturated heterocycles. The highest BCUT2D eigenvalue weighted by atomic mass is 16.3. The van der Waals surface area contributed by atoms with Gasteiger partial charge in [0.15, 0.2) is 0 Å². The third-order valence-electron chi connectivity index (χ3n) is 4.35. The Kier molecular flexibility index (Phi) is 4.64. The van der Waals surface area contributed by atoms with E-state index in [9.17, 15) is 15.2 Å². The molecule has 4 heteroatoms. The lowest BCUT2D eigenvalue weighted by molar-refractivity contribution is -0.144. The molecular formula is C17H22N2O2. The van der Waals surface area contributed by atoms with Crippen LogP contribution < -0.4 is 0 Å². The minimum Gasteiger partial charge on any atom is -0.387 e. The van der Waals surface area contributed by atoms with E-state index in [4.69, 9.17) is 0 Å². The van der Waals surface area contributed by atoms with Gasteiger partial charge in [-0.1, -0.05) is 29.8 Å². The average molecular weight is 286 g/mol. The summed E-state index contributed by atoms with van der Waals surface area (Å²) >= 11 is 0. The highest BCUT2D eigenvalue weighted by molar-refractivity contribution is 5.86. The van der Waals surface area contributed by atoms with E-state index in [1.165, 1.54) is 0 Å². The summed E-state index contributed by atoms with van der Waals surface area (Å²) in [5, 5.41) is 19.6. The summed E-state index contributed by atoms with van der Waals surface area (Å²) in [5.41, 5.74) is 1.09. The molecule has 1 amide bonds. The van der Waals surface area contributed by atoms with E-state index >= 15 is 0 Å². The second kappa shape index (κ2) is 6.28. The van der Waals surface area contributed by atoms with Crippen LogP contribution in [0.5, 0.6) is 0 Å². The average Bonchev–Trinajstić information content (AvgIpc) is 2.44. The van der Waals surface area contributed by atoms with Crippen LogP contribution in [-0.4, -0.2) is 29.0 Å². The molecule has 4 nitrogen and oxygen atoms in total. The summed E-state index contributed by atoms with van der Waals surface area (Å²) < 4.78 is 0. The van der Waals surface area contributed by atoms with Crippen LogP contribution in [0.1, 0.15) is 43.4 Å². The van der Waals surface area contributed by atoms with Gasteiger partial charge in [0.25, 0.3) is 0 Å². The summed E-state index contributed by atoms with van der Waals surface area (Å²) in [6, 6.07) is 9.82. The first-order valence-corrected chi connectivity index (χ1v) is 7.47. The predicted octanol–water partition coefficient (Wildman–Crippen LogP) is 2.57. The fraction of sp³-hybridized carbons (Fsp3) is 0.529. The number of nitriles is 1. The van der Waals surface area contributed by atoms with Gasteiger partial charge in [0.1, 0.15) is 5.41 Å². The summed E-state index contributed by atoms with van der Waals surface area (Å²) in [6.45, 7) is 4.61. The molecule has 1 atom stereocenters. The van der Waals surface area contributed by atoms with Crippen molar-refractivity contribution in [1.82, 2.24) is 4.90 Å². The van der Waals surface area contributed by atoms with Crippen molar-refractivity contribution < 1.29 is 9.90 Å². The zero-order valence-electron chi connectivity index (χ0n) is 12.7. The van der Waals surface area contributed by atoms with Gasteiger partial charge >= 0.3 is 0 Å². The number of aryl methyl sites for hydroxylation is 1. The van der Waals surface area contributed by atoms with Crippen LogP contribution >= 0.6 is 0 Å². The van der Waals surface area contributed by atoms with Crippen LogP contribution in [0.25, 0.3) is 0 Å². The Morgan fingerprint density at radius 3 is 2.48 bits per heavy atom. The Bertz CT molecular complexity index is 541. The molecule has 0 radical (unpaired) electrons. The third-order valence-corrected chi connectivity index (χ3v) is 4.35. The number of nitrogens with zero attached hydrogens (tertiary/aromatic N) is 2. The monoisotopic (exact) mass is 286 g/mol.